The van der Waals surface area contributed by atoms with Gasteiger partial charge in [0.2, 0.25) is 5.95 Å². The summed E-state index contributed by atoms with van der Waals surface area (Å²) < 4.78 is 0. The Balaban J connectivity index is 2.00. The molecule has 0 saturated heterocycles. The lowest BCUT2D eigenvalue weighted by atomic mass is 9.85. The zero-order valence-corrected chi connectivity index (χ0v) is 13.2. The Hall–Kier alpha value is -2.99. The van der Waals surface area contributed by atoms with E-state index in [1.807, 2.05) is 19.1 Å². The van der Waals surface area contributed by atoms with E-state index < -0.39 is 11.5 Å². The molecule has 1 heterocycles. The Morgan fingerprint density at radius 2 is 1.62 bits per heavy atom. The molecule has 24 heavy (non-hydrogen) atoms. The zero-order valence-electron chi connectivity index (χ0n) is 13.2. The van der Waals surface area contributed by atoms with E-state index in [-0.39, 0.29) is 5.95 Å². The summed E-state index contributed by atoms with van der Waals surface area (Å²) >= 11 is 0. The van der Waals surface area contributed by atoms with Crippen LogP contribution in [0, 0.1) is 0 Å². The third-order valence-corrected chi connectivity index (χ3v) is 3.80. The molecule has 122 valence electrons. The summed E-state index contributed by atoms with van der Waals surface area (Å²) in [6, 6.07) is 17.6. The molecule has 2 aromatic carbocycles. The molecule has 0 radical (unpaired) electrons. The number of hydrogen-bond acceptors (Lipinski definition) is 4. The number of aryl methyl sites for hydroxylation is 1. The molecule has 1 amide bonds. The number of rotatable bonds is 5. The Morgan fingerprint density at radius 1 is 1.08 bits per heavy atom. The van der Waals surface area contributed by atoms with Crippen LogP contribution in [-0.4, -0.2) is 26.2 Å². The fourth-order valence-electron chi connectivity index (χ4n) is 2.49. The maximum atomic E-state index is 12.9. The average molecular weight is 322 g/mol. The van der Waals surface area contributed by atoms with E-state index in [2.05, 4.69) is 20.5 Å². The second-order valence-electron chi connectivity index (χ2n) is 5.36. The van der Waals surface area contributed by atoms with Gasteiger partial charge in [0.1, 0.15) is 5.82 Å². The fraction of sp³-hybridized carbons (Fsp3) is 0.167. The molecular weight excluding hydrogens is 304 g/mol. The van der Waals surface area contributed by atoms with Gasteiger partial charge in [0.25, 0.3) is 5.91 Å². The lowest BCUT2D eigenvalue weighted by Crippen LogP contribution is -2.41. The first-order valence-corrected chi connectivity index (χ1v) is 7.70. The lowest BCUT2D eigenvalue weighted by molar-refractivity contribution is -0.131. The summed E-state index contributed by atoms with van der Waals surface area (Å²) in [5, 5.41) is 20.5. The number of H-pyrrole nitrogens is 1. The normalized spacial score (nSPS) is 11.2. The third kappa shape index (κ3) is 2.91. The van der Waals surface area contributed by atoms with E-state index in [9.17, 15) is 9.90 Å². The SMILES string of the molecule is CCc1nc(NC(=O)C(O)(c2ccccc2)c2ccccc2)n[nH]1. The number of nitrogens with zero attached hydrogens (tertiary/aromatic N) is 2. The van der Waals surface area contributed by atoms with E-state index in [4.69, 9.17) is 0 Å². The summed E-state index contributed by atoms with van der Waals surface area (Å²) in [6.45, 7) is 1.93. The molecule has 0 atom stereocenters. The molecule has 0 spiro atoms. The van der Waals surface area contributed by atoms with Crippen molar-refractivity contribution in [2.75, 3.05) is 5.32 Å². The number of hydrogen-bond donors (Lipinski definition) is 3. The molecule has 0 fully saturated rings. The molecule has 3 N–H and O–H groups in total. The van der Waals surface area contributed by atoms with Crippen molar-refractivity contribution in [3.63, 3.8) is 0 Å². The van der Waals surface area contributed by atoms with Crippen molar-refractivity contribution < 1.29 is 9.90 Å². The highest BCUT2D eigenvalue weighted by Gasteiger charge is 2.40. The van der Waals surface area contributed by atoms with Crippen molar-refractivity contribution in [3.05, 3.63) is 77.6 Å². The molecular formula is C18H18N4O2. The lowest BCUT2D eigenvalue weighted by Gasteiger charge is -2.27. The highest BCUT2D eigenvalue weighted by Crippen LogP contribution is 2.30. The van der Waals surface area contributed by atoms with Gasteiger partial charge in [0, 0.05) is 6.42 Å². The summed E-state index contributed by atoms with van der Waals surface area (Å²) in [4.78, 5) is 17.0. The molecule has 6 heteroatoms. The Morgan fingerprint density at radius 3 is 2.08 bits per heavy atom. The van der Waals surface area contributed by atoms with E-state index in [0.29, 0.717) is 23.4 Å². The molecule has 6 nitrogen and oxygen atoms in total. The number of aliphatic hydroxyl groups is 1. The second kappa shape index (κ2) is 6.64. The Bertz CT molecular complexity index is 776. The number of anilines is 1. The Kier molecular flexibility index (Phi) is 4.39. The summed E-state index contributed by atoms with van der Waals surface area (Å²) in [5.41, 5.74) is -0.893. The van der Waals surface area contributed by atoms with Crippen molar-refractivity contribution >= 4 is 11.9 Å². The average Bonchev–Trinajstić information content (AvgIpc) is 3.10. The first-order valence-electron chi connectivity index (χ1n) is 7.70. The van der Waals surface area contributed by atoms with Crippen molar-refractivity contribution in [1.29, 1.82) is 0 Å². The molecule has 0 unspecified atom stereocenters. The number of amides is 1. The molecule has 3 rings (SSSR count). The van der Waals surface area contributed by atoms with Gasteiger partial charge in [-0.3, -0.25) is 15.2 Å². The maximum absolute atomic E-state index is 12.9. The van der Waals surface area contributed by atoms with Crippen molar-refractivity contribution in [2.24, 2.45) is 0 Å². The van der Waals surface area contributed by atoms with Gasteiger partial charge in [-0.25, -0.2) is 0 Å². The number of aromatic nitrogens is 3. The van der Waals surface area contributed by atoms with Crippen LogP contribution in [0.2, 0.25) is 0 Å². The van der Waals surface area contributed by atoms with Crippen LogP contribution in [0.1, 0.15) is 23.9 Å². The monoisotopic (exact) mass is 322 g/mol. The minimum absolute atomic E-state index is 0.141. The van der Waals surface area contributed by atoms with Crippen LogP contribution in [0.25, 0.3) is 0 Å². The first kappa shape index (κ1) is 15.9. The van der Waals surface area contributed by atoms with Crippen molar-refractivity contribution in [3.8, 4) is 0 Å². The van der Waals surface area contributed by atoms with Gasteiger partial charge in [-0.15, -0.1) is 5.10 Å². The van der Waals surface area contributed by atoms with Crippen molar-refractivity contribution in [2.45, 2.75) is 18.9 Å². The first-order chi connectivity index (χ1) is 11.6. The van der Waals surface area contributed by atoms with Gasteiger partial charge in [-0.2, -0.15) is 4.98 Å². The van der Waals surface area contributed by atoms with Gasteiger partial charge in [-0.05, 0) is 11.1 Å². The summed E-state index contributed by atoms with van der Waals surface area (Å²) in [5.74, 6) is 0.192. The van der Waals surface area contributed by atoms with Gasteiger partial charge in [-0.1, -0.05) is 67.6 Å². The number of carbonyl (C=O) groups is 1. The van der Waals surface area contributed by atoms with Crippen LogP contribution < -0.4 is 5.32 Å². The minimum atomic E-state index is -1.84. The molecule has 0 bridgehead atoms. The fourth-order valence-corrected chi connectivity index (χ4v) is 2.49. The topological polar surface area (TPSA) is 90.9 Å². The number of carbonyl (C=O) groups excluding carboxylic acids is 1. The van der Waals surface area contributed by atoms with Crippen LogP contribution in [0.5, 0.6) is 0 Å². The van der Waals surface area contributed by atoms with Gasteiger partial charge < -0.3 is 5.11 Å². The van der Waals surface area contributed by atoms with Crippen LogP contribution in [0.3, 0.4) is 0 Å². The zero-order chi connectivity index (χ0) is 17.0. The molecule has 0 saturated carbocycles. The molecule has 0 aliphatic heterocycles. The standard InChI is InChI=1S/C18H18N4O2/c1-2-15-19-17(22-21-15)20-16(23)18(24,13-9-5-3-6-10-13)14-11-7-4-8-12-14/h3-12,24H,2H2,1H3,(H2,19,20,21,22,23). The van der Waals surface area contributed by atoms with E-state index in [0.717, 1.165) is 0 Å². The Labute approximate surface area is 139 Å². The van der Waals surface area contributed by atoms with Crippen LogP contribution in [0.4, 0.5) is 5.95 Å². The number of aromatic amines is 1. The predicted octanol–water partition coefficient (Wildman–Crippen LogP) is 2.24. The van der Waals surface area contributed by atoms with Gasteiger partial charge >= 0.3 is 0 Å². The molecule has 1 aromatic heterocycles. The highest BCUT2D eigenvalue weighted by atomic mass is 16.3. The van der Waals surface area contributed by atoms with Crippen LogP contribution in [0.15, 0.2) is 60.7 Å². The molecule has 3 aromatic rings. The predicted molar refractivity (Wildman–Crippen MR) is 90.3 cm³/mol. The molecule has 0 aliphatic carbocycles. The van der Waals surface area contributed by atoms with Crippen LogP contribution >= 0.6 is 0 Å². The quantitative estimate of drug-likeness (QED) is 0.672. The number of benzene rings is 2. The van der Waals surface area contributed by atoms with Crippen molar-refractivity contribution in [1.82, 2.24) is 15.2 Å². The summed E-state index contributed by atoms with van der Waals surface area (Å²) in [6.07, 6.45) is 0.671. The minimum Gasteiger partial charge on any atom is -0.372 e. The van der Waals surface area contributed by atoms with Gasteiger partial charge in [0.15, 0.2) is 5.60 Å². The van der Waals surface area contributed by atoms with Crippen LogP contribution in [-0.2, 0) is 16.8 Å². The maximum Gasteiger partial charge on any atom is 0.268 e. The summed E-state index contributed by atoms with van der Waals surface area (Å²) in [7, 11) is 0. The smallest absolute Gasteiger partial charge is 0.268 e. The van der Waals surface area contributed by atoms with E-state index in [1.54, 1.807) is 48.5 Å². The highest BCUT2D eigenvalue weighted by molar-refractivity contribution is 5.99. The number of nitrogens with one attached hydrogen (secondary N) is 2. The van der Waals surface area contributed by atoms with E-state index in [1.165, 1.54) is 0 Å². The molecule has 0 aliphatic rings. The van der Waals surface area contributed by atoms with E-state index >= 15 is 0 Å². The van der Waals surface area contributed by atoms with Gasteiger partial charge in [0.05, 0.1) is 0 Å². The second-order valence-corrected chi connectivity index (χ2v) is 5.36. The largest absolute Gasteiger partial charge is 0.372 e. The third-order valence-electron chi connectivity index (χ3n) is 3.80.